The second-order valence-electron chi connectivity index (χ2n) is 8.49. The van der Waals surface area contributed by atoms with Gasteiger partial charge in [0.05, 0.1) is 6.54 Å². The van der Waals surface area contributed by atoms with Crippen molar-refractivity contribution in [2.24, 2.45) is 0 Å². The van der Waals surface area contributed by atoms with Crippen LogP contribution in [0.15, 0.2) is 30.3 Å². The molecule has 142 valence electrons. The van der Waals surface area contributed by atoms with Crippen LogP contribution in [0, 0.1) is 0 Å². The topological polar surface area (TPSA) is 35.6 Å². The van der Waals surface area contributed by atoms with Crippen molar-refractivity contribution in [2.45, 2.75) is 76.0 Å². The van der Waals surface area contributed by atoms with Gasteiger partial charge >= 0.3 is 0 Å². The van der Waals surface area contributed by atoms with Crippen LogP contribution in [0.25, 0.3) is 0 Å². The van der Waals surface area contributed by atoms with Gasteiger partial charge in [-0.3, -0.25) is 9.69 Å². The highest BCUT2D eigenvalue weighted by atomic mass is 16.2. The maximum atomic E-state index is 12.8. The zero-order valence-electron chi connectivity index (χ0n) is 16.1. The highest BCUT2D eigenvalue weighted by Gasteiger charge is 2.33. The molecule has 2 aliphatic heterocycles. The van der Waals surface area contributed by atoms with E-state index < -0.39 is 0 Å². The average molecular weight is 356 g/mol. The number of rotatable bonds is 5. The number of carbonyl (C=O) groups is 1. The van der Waals surface area contributed by atoms with Gasteiger partial charge in [0, 0.05) is 37.3 Å². The fourth-order valence-electron chi connectivity index (χ4n) is 4.83. The third kappa shape index (κ3) is 4.29. The summed E-state index contributed by atoms with van der Waals surface area (Å²) in [4.78, 5) is 17.8. The zero-order valence-corrected chi connectivity index (χ0v) is 16.1. The van der Waals surface area contributed by atoms with E-state index in [1.54, 1.807) is 0 Å². The minimum Gasteiger partial charge on any atom is -0.352 e. The molecule has 0 spiro atoms. The summed E-state index contributed by atoms with van der Waals surface area (Å²) in [7, 11) is 0. The molecule has 4 rings (SSSR count). The second-order valence-corrected chi connectivity index (χ2v) is 8.49. The summed E-state index contributed by atoms with van der Waals surface area (Å²) in [6.07, 6.45) is 8.57. The lowest BCUT2D eigenvalue weighted by atomic mass is 9.91. The Bertz CT molecular complexity index is 593. The van der Waals surface area contributed by atoms with Crippen LogP contribution in [0.2, 0.25) is 0 Å². The van der Waals surface area contributed by atoms with E-state index >= 15 is 0 Å². The highest BCUT2D eigenvalue weighted by Crippen LogP contribution is 2.34. The molecule has 4 heteroatoms. The third-order valence-electron chi connectivity index (χ3n) is 6.53. The van der Waals surface area contributed by atoms with Gasteiger partial charge in [-0.1, -0.05) is 36.8 Å². The molecule has 26 heavy (non-hydrogen) atoms. The standard InChI is InChI=1S/C22H33N3O/c1-17-6-5-9-21(18-7-3-2-4-8-18)25(17)16-22(26)23-19-12-14-24(15-13-19)20-10-11-20/h2-4,7-8,17,19-21H,5-6,9-16H2,1H3,(H,23,26)/t17-,21-/m0/s1. The summed E-state index contributed by atoms with van der Waals surface area (Å²) < 4.78 is 0. The number of likely N-dealkylation sites (tertiary alicyclic amines) is 2. The van der Waals surface area contributed by atoms with E-state index in [9.17, 15) is 4.79 Å². The largest absolute Gasteiger partial charge is 0.352 e. The van der Waals surface area contributed by atoms with E-state index in [4.69, 9.17) is 0 Å². The lowest BCUT2D eigenvalue weighted by Gasteiger charge is -2.41. The molecule has 0 unspecified atom stereocenters. The SMILES string of the molecule is C[C@H]1CCC[C@@H](c2ccccc2)N1CC(=O)NC1CCN(C2CC2)CC1. The average Bonchev–Trinajstić information content (AvgIpc) is 3.50. The first-order valence-electron chi connectivity index (χ1n) is 10.5. The van der Waals surface area contributed by atoms with Crippen LogP contribution in [0.5, 0.6) is 0 Å². The van der Waals surface area contributed by atoms with Gasteiger partial charge in [0.2, 0.25) is 5.91 Å². The monoisotopic (exact) mass is 355 g/mol. The quantitative estimate of drug-likeness (QED) is 0.880. The fourth-order valence-corrected chi connectivity index (χ4v) is 4.83. The molecule has 3 aliphatic rings. The lowest BCUT2D eigenvalue weighted by molar-refractivity contribution is -0.125. The Balaban J connectivity index is 1.32. The molecule has 0 aromatic heterocycles. The number of amides is 1. The summed E-state index contributed by atoms with van der Waals surface area (Å²) in [6.45, 7) is 5.12. The molecule has 0 bridgehead atoms. The highest BCUT2D eigenvalue weighted by molar-refractivity contribution is 5.78. The lowest BCUT2D eigenvalue weighted by Crippen LogP contribution is -2.50. The molecule has 4 nitrogen and oxygen atoms in total. The summed E-state index contributed by atoms with van der Waals surface area (Å²) in [5.41, 5.74) is 1.35. The predicted octanol–water partition coefficient (Wildman–Crippen LogP) is 3.35. The first-order chi connectivity index (χ1) is 12.7. The Hall–Kier alpha value is -1.39. The minimum atomic E-state index is 0.213. The van der Waals surface area contributed by atoms with Crippen LogP contribution in [0.1, 0.15) is 63.5 Å². The van der Waals surface area contributed by atoms with Gasteiger partial charge in [-0.05, 0) is 51.0 Å². The molecule has 0 radical (unpaired) electrons. The summed E-state index contributed by atoms with van der Waals surface area (Å²) in [5.74, 6) is 0.213. The van der Waals surface area contributed by atoms with Gasteiger partial charge < -0.3 is 10.2 Å². The number of benzene rings is 1. The minimum absolute atomic E-state index is 0.213. The molecular weight excluding hydrogens is 322 g/mol. The second kappa shape index (κ2) is 8.10. The van der Waals surface area contributed by atoms with Crippen molar-refractivity contribution in [3.8, 4) is 0 Å². The van der Waals surface area contributed by atoms with Crippen LogP contribution in [0.4, 0.5) is 0 Å². The van der Waals surface area contributed by atoms with Crippen LogP contribution in [-0.4, -0.2) is 53.5 Å². The number of nitrogens with one attached hydrogen (secondary N) is 1. The van der Waals surface area contributed by atoms with E-state index in [0.29, 0.717) is 24.7 Å². The molecule has 1 saturated carbocycles. The summed E-state index contributed by atoms with van der Waals surface area (Å²) in [6, 6.07) is 12.8. The van der Waals surface area contributed by atoms with Gasteiger partial charge in [-0.25, -0.2) is 0 Å². The van der Waals surface area contributed by atoms with E-state index in [2.05, 4.69) is 52.4 Å². The third-order valence-corrected chi connectivity index (χ3v) is 6.53. The van der Waals surface area contributed by atoms with Gasteiger partial charge in [0.15, 0.2) is 0 Å². The van der Waals surface area contributed by atoms with E-state index in [1.807, 2.05) is 0 Å². The van der Waals surface area contributed by atoms with Crippen LogP contribution < -0.4 is 5.32 Å². The molecule has 1 aromatic carbocycles. The molecule has 2 atom stereocenters. The van der Waals surface area contributed by atoms with Crippen LogP contribution in [-0.2, 0) is 4.79 Å². The molecule has 1 amide bonds. The van der Waals surface area contributed by atoms with Crippen molar-refractivity contribution in [2.75, 3.05) is 19.6 Å². The molecule has 1 N–H and O–H groups in total. The predicted molar refractivity (Wildman–Crippen MR) is 105 cm³/mol. The van der Waals surface area contributed by atoms with Gasteiger partial charge in [0.25, 0.3) is 0 Å². The number of hydrogen-bond acceptors (Lipinski definition) is 3. The number of carbonyl (C=O) groups excluding carboxylic acids is 1. The van der Waals surface area contributed by atoms with Crippen molar-refractivity contribution in [3.05, 3.63) is 35.9 Å². The summed E-state index contributed by atoms with van der Waals surface area (Å²) >= 11 is 0. The Labute approximate surface area is 157 Å². The van der Waals surface area contributed by atoms with Crippen molar-refractivity contribution in [3.63, 3.8) is 0 Å². The van der Waals surface area contributed by atoms with Crippen molar-refractivity contribution < 1.29 is 4.79 Å². The summed E-state index contributed by atoms with van der Waals surface area (Å²) in [5, 5.41) is 3.33. The Morgan fingerprint density at radius 1 is 1.04 bits per heavy atom. The van der Waals surface area contributed by atoms with Crippen molar-refractivity contribution in [1.82, 2.24) is 15.1 Å². The van der Waals surface area contributed by atoms with Gasteiger partial charge in [-0.15, -0.1) is 0 Å². The van der Waals surface area contributed by atoms with E-state index in [-0.39, 0.29) is 5.91 Å². The van der Waals surface area contributed by atoms with Crippen LogP contribution >= 0.6 is 0 Å². The van der Waals surface area contributed by atoms with Crippen molar-refractivity contribution in [1.29, 1.82) is 0 Å². The first-order valence-corrected chi connectivity index (χ1v) is 10.5. The number of nitrogens with zero attached hydrogens (tertiary/aromatic N) is 2. The molecule has 2 saturated heterocycles. The molecule has 3 fully saturated rings. The normalized spacial score (nSPS) is 28.8. The van der Waals surface area contributed by atoms with E-state index in [1.165, 1.54) is 31.2 Å². The first kappa shape index (κ1) is 18.0. The zero-order chi connectivity index (χ0) is 17.9. The number of hydrogen-bond donors (Lipinski definition) is 1. The molecule has 1 aromatic rings. The maximum absolute atomic E-state index is 12.8. The maximum Gasteiger partial charge on any atom is 0.234 e. The Morgan fingerprint density at radius 2 is 1.77 bits per heavy atom. The van der Waals surface area contributed by atoms with Crippen LogP contribution in [0.3, 0.4) is 0 Å². The number of piperidine rings is 2. The fraction of sp³-hybridized carbons (Fsp3) is 0.682. The van der Waals surface area contributed by atoms with E-state index in [0.717, 1.165) is 38.4 Å². The Morgan fingerprint density at radius 3 is 2.46 bits per heavy atom. The Kier molecular flexibility index (Phi) is 5.60. The molecule has 1 aliphatic carbocycles. The molecule has 2 heterocycles. The van der Waals surface area contributed by atoms with Gasteiger partial charge in [0.1, 0.15) is 0 Å². The smallest absolute Gasteiger partial charge is 0.234 e. The van der Waals surface area contributed by atoms with Gasteiger partial charge in [-0.2, -0.15) is 0 Å². The molecular formula is C22H33N3O. The van der Waals surface area contributed by atoms with Crippen molar-refractivity contribution >= 4 is 5.91 Å².